The summed E-state index contributed by atoms with van der Waals surface area (Å²) in [7, 11) is 0. The summed E-state index contributed by atoms with van der Waals surface area (Å²) in [6.07, 6.45) is 5.86. The van der Waals surface area contributed by atoms with Crippen molar-refractivity contribution in [2.75, 3.05) is 31.1 Å². The van der Waals surface area contributed by atoms with Gasteiger partial charge in [-0.1, -0.05) is 6.07 Å². The summed E-state index contributed by atoms with van der Waals surface area (Å²) in [6, 6.07) is 11.9. The summed E-state index contributed by atoms with van der Waals surface area (Å²) in [6.45, 7) is 4.48. The van der Waals surface area contributed by atoms with Crippen molar-refractivity contribution < 1.29 is 0 Å². The van der Waals surface area contributed by atoms with Gasteiger partial charge in [0.05, 0.1) is 11.3 Å². The fourth-order valence-corrected chi connectivity index (χ4v) is 3.15. The van der Waals surface area contributed by atoms with Gasteiger partial charge in [-0.05, 0) is 24.3 Å². The number of rotatable bonds is 3. The smallest absolute Gasteiger partial charge is 0.146 e. The molecular weight excluding hydrogens is 300 g/mol. The Labute approximate surface area is 140 Å². The van der Waals surface area contributed by atoms with Crippen LogP contribution in [0.5, 0.6) is 0 Å². The summed E-state index contributed by atoms with van der Waals surface area (Å²) >= 11 is 0. The SMILES string of the molecule is N#Cc1cccnc1N1CCN(Cc2cn3ccccc3n2)CC1. The van der Waals surface area contributed by atoms with Crippen molar-refractivity contribution in [1.82, 2.24) is 19.3 Å². The van der Waals surface area contributed by atoms with Gasteiger partial charge in [-0.25, -0.2) is 9.97 Å². The van der Waals surface area contributed by atoms with E-state index in [9.17, 15) is 5.26 Å². The Kier molecular flexibility index (Phi) is 3.85. The van der Waals surface area contributed by atoms with Crippen LogP contribution in [0.4, 0.5) is 5.82 Å². The molecule has 6 heteroatoms. The Morgan fingerprint density at radius 2 is 1.96 bits per heavy atom. The van der Waals surface area contributed by atoms with Crippen molar-refractivity contribution in [3.8, 4) is 6.07 Å². The first-order valence-electron chi connectivity index (χ1n) is 8.08. The molecule has 3 aromatic rings. The molecule has 120 valence electrons. The molecule has 0 bridgehead atoms. The van der Waals surface area contributed by atoms with Crippen molar-refractivity contribution in [2.24, 2.45) is 0 Å². The number of aromatic nitrogens is 3. The lowest BCUT2D eigenvalue weighted by molar-refractivity contribution is 0.247. The van der Waals surface area contributed by atoms with Crippen LogP contribution in [0.15, 0.2) is 48.9 Å². The largest absolute Gasteiger partial charge is 0.353 e. The molecule has 1 aliphatic heterocycles. The number of hydrogen-bond donors (Lipinski definition) is 0. The number of nitriles is 1. The Bertz CT molecular complexity index is 853. The molecular formula is C18H18N6. The molecule has 0 radical (unpaired) electrons. The minimum Gasteiger partial charge on any atom is -0.353 e. The van der Waals surface area contributed by atoms with E-state index >= 15 is 0 Å². The Morgan fingerprint density at radius 3 is 2.75 bits per heavy atom. The minimum absolute atomic E-state index is 0.645. The maximum Gasteiger partial charge on any atom is 0.146 e. The zero-order valence-electron chi connectivity index (χ0n) is 13.3. The van der Waals surface area contributed by atoms with Crippen LogP contribution in [-0.4, -0.2) is 45.4 Å². The monoisotopic (exact) mass is 318 g/mol. The van der Waals surface area contributed by atoms with E-state index in [0.29, 0.717) is 5.56 Å². The standard InChI is InChI=1S/C18H18N6/c19-12-15-4-3-6-20-18(15)23-10-8-22(9-11-23)13-16-14-24-7-2-1-5-17(24)21-16/h1-7,14H,8-11,13H2. The summed E-state index contributed by atoms with van der Waals surface area (Å²) in [5.74, 6) is 0.799. The lowest BCUT2D eigenvalue weighted by atomic mass is 10.2. The topological polar surface area (TPSA) is 60.5 Å². The summed E-state index contributed by atoms with van der Waals surface area (Å²) in [4.78, 5) is 13.6. The number of nitrogens with zero attached hydrogens (tertiary/aromatic N) is 6. The highest BCUT2D eigenvalue weighted by Gasteiger charge is 2.20. The van der Waals surface area contributed by atoms with E-state index in [1.807, 2.05) is 36.5 Å². The van der Waals surface area contributed by atoms with Gasteiger partial charge >= 0.3 is 0 Å². The second-order valence-corrected chi connectivity index (χ2v) is 5.95. The molecule has 0 aromatic carbocycles. The molecule has 1 saturated heterocycles. The van der Waals surface area contributed by atoms with E-state index in [2.05, 4.69) is 36.4 Å². The molecule has 0 spiro atoms. The van der Waals surface area contributed by atoms with Crippen molar-refractivity contribution in [3.05, 3.63) is 60.2 Å². The van der Waals surface area contributed by atoms with Gasteiger partial charge in [0.2, 0.25) is 0 Å². The van der Waals surface area contributed by atoms with Crippen LogP contribution in [-0.2, 0) is 6.54 Å². The van der Waals surface area contributed by atoms with Crippen molar-refractivity contribution >= 4 is 11.5 Å². The number of pyridine rings is 2. The average Bonchev–Trinajstić information content (AvgIpc) is 3.04. The molecule has 0 unspecified atom stereocenters. The summed E-state index contributed by atoms with van der Waals surface area (Å²) in [5, 5.41) is 9.23. The van der Waals surface area contributed by atoms with E-state index in [1.165, 1.54) is 0 Å². The Morgan fingerprint density at radius 1 is 1.08 bits per heavy atom. The molecule has 24 heavy (non-hydrogen) atoms. The number of hydrogen-bond acceptors (Lipinski definition) is 5. The van der Waals surface area contributed by atoms with Crippen LogP contribution in [0.25, 0.3) is 5.65 Å². The first-order valence-corrected chi connectivity index (χ1v) is 8.08. The van der Waals surface area contributed by atoms with Crippen LogP contribution in [0.3, 0.4) is 0 Å². The zero-order valence-corrected chi connectivity index (χ0v) is 13.3. The second-order valence-electron chi connectivity index (χ2n) is 5.95. The molecule has 4 rings (SSSR count). The van der Waals surface area contributed by atoms with E-state index in [0.717, 1.165) is 49.9 Å². The minimum atomic E-state index is 0.645. The van der Waals surface area contributed by atoms with Crippen LogP contribution < -0.4 is 4.90 Å². The molecule has 1 aliphatic rings. The highest BCUT2D eigenvalue weighted by atomic mass is 15.3. The fraction of sp³-hybridized carbons (Fsp3) is 0.278. The molecule has 0 N–H and O–H groups in total. The molecule has 1 fully saturated rings. The number of piperazine rings is 1. The van der Waals surface area contributed by atoms with Gasteiger partial charge in [0.15, 0.2) is 0 Å². The highest BCUT2D eigenvalue weighted by Crippen LogP contribution is 2.18. The first kappa shape index (κ1) is 14.7. The van der Waals surface area contributed by atoms with E-state index < -0.39 is 0 Å². The van der Waals surface area contributed by atoms with Gasteiger partial charge < -0.3 is 9.30 Å². The van der Waals surface area contributed by atoms with Crippen LogP contribution in [0.1, 0.15) is 11.3 Å². The number of imidazole rings is 1. The third-order valence-corrected chi connectivity index (χ3v) is 4.38. The molecule has 4 heterocycles. The zero-order chi connectivity index (χ0) is 16.4. The number of anilines is 1. The second kappa shape index (κ2) is 6.30. The van der Waals surface area contributed by atoms with Crippen LogP contribution in [0, 0.1) is 11.3 Å². The van der Waals surface area contributed by atoms with Gasteiger partial charge in [-0.15, -0.1) is 0 Å². The maximum atomic E-state index is 9.23. The van der Waals surface area contributed by atoms with Gasteiger partial charge in [-0.3, -0.25) is 4.90 Å². The van der Waals surface area contributed by atoms with Gasteiger partial charge in [0.1, 0.15) is 17.5 Å². The Balaban J connectivity index is 1.42. The van der Waals surface area contributed by atoms with Crippen molar-refractivity contribution in [1.29, 1.82) is 5.26 Å². The van der Waals surface area contributed by atoms with Crippen molar-refractivity contribution in [2.45, 2.75) is 6.54 Å². The number of fused-ring (bicyclic) bond motifs is 1. The third kappa shape index (κ3) is 2.82. The average molecular weight is 318 g/mol. The summed E-state index contributed by atoms with van der Waals surface area (Å²) in [5.41, 5.74) is 2.72. The molecule has 3 aromatic heterocycles. The van der Waals surface area contributed by atoms with Gasteiger partial charge in [0.25, 0.3) is 0 Å². The third-order valence-electron chi connectivity index (χ3n) is 4.38. The van der Waals surface area contributed by atoms with E-state index in [1.54, 1.807) is 6.20 Å². The predicted molar refractivity (Wildman–Crippen MR) is 91.6 cm³/mol. The van der Waals surface area contributed by atoms with Gasteiger partial charge in [0, 0.05) is 51.3 Å². The molecule has 0 saturated carbocycles. The van der Waals surface area contributed by atoms with E-state index in [4.69, 9.17) is 0 Å². The lowest BCUT2D eigenvalue weighted by Crippen LogP contribution is -2.46. The summed E-state index contributed by atoms with van der Waals surface area (Å²) < 4.78 is 2.05. The normalized spacial score (nSPS) is 15.5. The molecule has 0 amide bonds. The van der Waals surface area contributed by atoms with Crippen LogP contribution >= 0.6 is 0 Å². The Hall–Kier alpha value is -2.91. The fourth-order valence-electron chi connectivity index (χ4n) is 3.15. The predicted octanol–water partition coefficient (Wildman–Crippen LogP) is 1.92. The van der Waals surface area contributed by atoms with E-state index in [-0.39, 0.29) is 0 Å². The molecule has 6 nitrogen and oxygen atoms in total. The lowest BCUT2D eigenvalue weighted by Gasteiger charge is -2.35. The van der Waals surface area contributed by atoms with Crippen LogP contribution in [0.2, 0.25) is 0 Å². The van der Waals surface area contributed by atoms with Crippen molar-refractivity contribution in [3.63, 3.8) is 0 Å². The quantitative estimate of drug-likeness (QED) is 0.738. The highest BCUT2D eigenvalue weighted by molar-refractivity contribution is 5.53. The molecule has 0 atom stereocenters. The maximum absolute atomic E-state index is 9.23. The van der Waals surface area contributed by atoms with Gasteiger partial charge in [-0.2, -0.15) is 5.26 Å². The molecule has 0 aliphatic carbocycles. The first-order chi connectivity index (χ1) is 11.8.